The molecule has 0 aromatic heterocycles. The highest BCUT2D eigenvalue weighted by molar-refractivity contribution is 5.06. The van der Waals surface area contributed by atoms with E-state index in [2.05, 4.69) is 6.58 Å². The van der Waals surface area contributed by atoms with E-state index < -0.39 is 5.60 Å². The molecule has 0 aliphatic rings. The average molecular weight is 116 g/mol. The molecule has 0 saturated carbocycles. The third-order valence-electron chi connectivity index (χ3n) is 1.23. The maximum absolute atomic E-state index is 9.05. The lowest BCUT2D eigenvalue weighted by atomic mass is 10.0. The number of hydrogen-bond donors (Lipinski definition) is 2. The van der Waals surface area contributed by atoms with Crippen LogP contribution < -0.4 is 0 Å². The molecule has 0 bridgehead atoms. The Morgan fingerprint density at radius 2 is 2.12 bits per heavy atom. The molecule has 0 spiro atoms. The molecule has 0 heterocycles. The highest BCUT2D eigenvalue weighted by atomic mass is 16.3. The Hall–Kier alpha value is -0.340. The zero-order valence-electron chi connectivity index (χ0n) is 5.31. The van der Waals surface area contributed by atoms with Gasteiger partial charge >= 0.3 is 0 Å². The molecule has 0 amide bonds. The molecule has 0 fully saturated rings. The SMILES string of the molecule is C=C(C)C(C)(O)CO. The van der Waals surface area contributed by atoms with Crippen LogP contribution in [0.5, 0.6) is 0 Å². The summed E-state index contributed by atoms with van der Waals surface area (Å²) in [6.07, 6.45) is 0. The summed E-state index contributed by atoms with van der Waals surface area (Å²) in [5.74, 6) is 0. The van der Waals surface area contributed by atoms with Crippen LogP contribution in [0.15, 0.2) is 12.2 Å². The van der Waals surface area contributed by atoms with Crippen LogP contribution >= 0.6 is 0 Å². The second-order valence-corrected chi connectivity index (χ2v) is 2.21. The topological polar surface area (TPSA) is 40.5 Å². The van der Waals surface area contributed by atoms with Gasteiger partial charge in [-0.3, -0.25) is 0 Å². The van der Waals surface area contributed by atoms with Crippen LogP contribution in [0.1, 0.15) is 13.8 Å². The van der Waals surface area contributed by atoms with Crippen molar-refractivity contribution in [1.82, 2.24) is 0 Å². The lowest BCUT2D eigenvalue weighted by Crippen LogP contribution is -2.29. The molecule has 0 aromatic rings. The van der Waals surface area contributed by atoms with Gasteiger partial charge in [0, 0.05) is 0 Å². The van der Waals surface area contributed by atoms with E-state index in [1.54, 1.807) is 6.92 Å². The van der Waals surface area contributed by atoms with Crippen LogP contribution in [-0.2, 0) is 0 Å². The summed E-state index contributed by atoms with van der Waals surface area (Å²) >= 11 is 0. The first-order chi connectivity index (χ1) is 3.50. The number of rotatable bonds is 2. The molecule has 8 heavy (non-hydrogen) atoms. The predicted octanol–water partition coefficient (Wildman–Crippen LogP) is 0.306. The molecule has 0 aliphatic heterocycles. The fraction of sp³-hybridized carbons (Fsp3) is 0.667. The Bertz CT molecular complexity index is 94.7. The van der Waals surface area contributed by atoms with Gasteiger partial charge in [-0.1, -0.05) is 6.58 Å². The second kappa shape index (κ2) is 2.29. The molecule has 1 atom stereocenters. The van der Waals surface area contributed by atoms with Gasteiger partial charge in [-0.25, -0.2) is 0 Å². The first-order valence-electron chi connectivity index (χ1n) is 2.50. The minimum atomic E-state index is -1.10. The molecule has 1 unspecified atom stereocenters. The highest BCUT2D eigenvalue weighted by Gasteiger charge is 2.18. The van der Waals surface area contributed by atoms with Gasteiger partial charge in [-0.15, -0.1) is 0 Å². The number of aliphatic hydroxyl groups is 2. The van der Waals surface area contributed by atoms with E-state index in [-0.39, 0.29) is 6.61 Å². The van der Waals surface area contributed by atoms with E-state index in [4.69, 9.17) is 10.2 Å². The summed E-state index contributed by atoms with van der Waals surface area (Å²) in [6.45, 7) is 6.43. The average Bonchev–Trinajstić information content (AvgIpc) is 1.67. The van der Waals surface area contributed by atoms with E-state index in [1.165, 1.54) is 6.92 Å². The lowest BCUT2D eigenvalue weighted by Gasteiger charge is -2.19. The van der Waals surface area contributed by atoms with Crippen molar-refractivity contribution in [2.45, 2.75) is 19.4 Å². The van der Waals surface area contributed by atoms with Crippen molar-refractivity contribution in [3.8, 4) is 0 Å². The lowest BCUT2D eigenvalue weighted by molar-refractivity contribution is 0.0338. The Kier molecular flexibility index (Phi) is 2.19. The summed E-state index contributed by atoms with van der Waals surface area (Å²) in [5, 5.41) is 17.5. The van der Waals surface area contributed by atoms with Gasteiger partial charge in [0.05, 0.1) is 6.61 Å². The summed E-state index contributed by atoms with van der Waals surface area (Å²) in [7, 11) is 0. The van der Waals surface area contributed by atoms with Crippen molar-refractivity contribution in [2.75, 3.05) is 6.61 Å². The minimum Gasteiger partial charge on any atom is -0.393 e. The Morgan fingerprint density at radius 3 is 2.12 bits per heavy atom. The van der Waals surface area contributed by atoms with E-state index >= 15 is 0 Å². The Balaban J connectivity index is 3.91. The van der Waals surface area contributed by atoms with Crippen molar-refractivity contribution in [2.24, 2.45) is 0 Å². The quantitative estimate of drug-likeness (QED) is 0.509. The van der Waals surface area contributed by atoms with Gasteiger partial charge in [-0.05, 0) is 19.4 Å². The van der Waals surface area contributed by atoms with Crippen LogP contribution in [0.25, 0.3) is 0 Å². The van der Waals surface area contributed by atoms with E-state index in [9.17, 15) is 0 Å². The fourth-order valence-electron chi connectivity index (χ4n) is 0.135. The van der Waals surface area contributed by atoms with E-state index in [1.807, 2.05) is 0 Å². The maximum atomic E-state index is 9.05. The molecule has 0 aliphatic carbocycles. The standard InChI is InChI=1S/C6H12O2/c1-5(2)6(3,8)4-7/h7-8H,1,4H2,2-3H3. The minimum absolute atomic E-state index is 0.262. The largest absolute Gasteiger partial charge is 0.393 e. The Morgan fingerprint density at radius 1 is 1.75 bits per heavy atom. The molecule has 0 rings (SSSR count). The summed E-state index contributed by atoms with van der Waals surface area (Å²) in [5.41, 5.74) is -0.514. The molecule has 2 N–H and O–H groups in total. The number of hydrogen-bond acceptors (Lipinski definition) is 2. The Labute approximate surface area is 49.5 Å². The van der Waals surface area contributed by atoms with Crippen molar-refractivity contribution in [1.29, 1.82) is 0 Å². The molecular formula is C6H12O2. The van der Waals surface area contributed by atoms with E-state index in [0.717, 1.165) is 0 Å². The van der Waals surface area contributed by atoms with Crippen LogP contribution in [0.4, 0.5) is 0 Å². The molecule has 0 radical (unpaired) electrons. The third kappa shape index (κ3) is 1.64. The van der Waals surface area contributed by atoms with Gasteiger partial charge in [0.15, 0.2) is 0 Å². The van der Waals surface area contributed by atoms with Crippen LogP contribution in [0, 0.1) is 0 Å². The van der Waals surface area contributed by atoms with Crippen LogP contribution in [0.3, 0.4) is 0 Å². The zero-order valence-corrected chi connectivity index (χ0v) is 5.31. The van der Waals surface area contributed by atoms with Gasteiger partial charge < -0.3 is 10.2 Å². The van der Waals surface area contributed by atoms with Crippen molar-refractivity contribution in [3.63, 3.8) is 0 Å². The molecule has 0 saturated heterocycles. The van der Waals surface area contributed by atoms with Gasteiger partial charge in [-0.2, -0.15) is 0 Å². The third-order valence-corrected chi connectivity index (χ3v) is 1.23. The van der Waals surface area contributed by atoms with Crippen molar-refractivity contribution in [3.05, 3.63) is 12.2 Å². The van der Waals surface area contributed by atoms with E-state index in [0.29, 0.717) is 5.57 Å². The molecule has 2 nitrogen and oxygen atoms in total. The predicted molar refractivity (Wildman–Crippen MR) is 32.5 cm³/mol. The maximum Gasteiger partial charge on any atom is 0.105 e. The second-order valence-electron chi connectivity index (χ2n) is 2.21. The zero-order chi connectivity index (χ0) is 6.78. The smallest absolute Gasteiger partial charge is 0.105 e. The summed E-state index contributed by atoms with van der Waals surface area (Å²) in [6, 6.07) is 0. The monoisotopic (exact) mass is 116 g/mol. The highest BCUT2D eigenvalue weighted by Crippen LogP contribution is 2.11. The van der Waals surface area contributed by atoms with Gasteiger partial charge in [0.2, 0.25) is 0 Å². The fourth-order valence-corrected chi connectivity index (χ4v) is 0.135. The molecule has 0 aromatic carbocycles. The van der Waals surface area contributed by atoms with Gasteiger partial charge in [0.25, 0.3) is 0 Å². The van der Waals surface area contributed by atoms with Crippen molar-refractivity contribution < 1.29 is 10.2 Å². The van der Waals surface area contributed by atoms with Crippen LogP contribution in [0.2, 0.25) is 0 Å². The number of aliphatic hydroxyl groups excluding tert-OH is 1. The first kappa shape index (κ1) is 7.66. The molecular weight excluding hydrogens is 104 g/mol. The van der Waals surface area contributed by atoms with Gasteiger partial charge in [0.1, 0.15) is 5.60 Å². The normalized spacial score (nSPS) is 17.5. The molecule has 48 valence electrons. The summed E-state index contributed by atoms with van der Waals surface area (Å²) < 4.78 is 0. The molecule has 2 heteroatoms. The van der Waals surface area contributed by atoms with Crippen LogP contribution in [-0.4, -0.2) is 22.4 Å². The summed E-state index contributed by atoms with van der Waals surface area (Å²) in [4.78, 5) is 0. The first-order valence-corrected chi connectivity index (χ1v) is 2.50. The van der Waals surface area contributed by atoms with Crippen molar-refractivity contribution >= 4 is 0 Å².